The maximum Gasteiger partial charge on any atom is 0.243 e. The molecule has 0 aliphatic heterocycles. The Kier molecular flexibility index (Phi) is 7.33. The van der Waals surface area contributed by atoms with Gasteiger partial charge in [-0.15, -0.1) is 0 Å². The summed E-state index contributed by atoms with van der Waals surface area (Å²) in [6.07, 6.45) is 0.107. The number of para-hydroxylation sites is 2. The van der Waals surface area contributed by atoms with E-state index in [0.29, 0.717) is 24.0 Å². The van der Waals surface area contributed by atoms with Crippen molar-refractivity contribution in [1.29, 1.82) is 0 Å². The van der Waals surface area contributed by atoms with Gasteiger partial charge in [0, 0.05) is 11.8 Å². The van der Waals surface area contributed by atoms with Crippen LogP contribution >= 0.6 is 0 Å². The number of anilines is 2. The number of hydrogen-bond acceptors (Lipinski definition) is 4. The van der Waals surface area contributed by atoms with E-state index >= 15 is 0 Å². The van der Waals surface area contributed by atoms with Gasteiger partial charge in [0.25, 0.3) is 0 Å². The Bertz CT molecular complexity index is 714. The lowest BCUT2D eigenvalue weighted by Crippen LogP contribution is -2.22. The molecule has 0 aromatic heterocycles. The Hall–Kier alpha value is -2.69. The molecule has 0 bridgehead atoms. The molecule has 0 spiro atoms. The lowest BCUT2D eigenvalue weighted by Gasteiger charge is -2.14. The lowest BCUT2D eigenvalue weighted by atomic mass is 10.2. The van der Waals surface area contributed by atoms with E-state index in [-0.39, 0.29) is 18.6 Å². The molecule has 2 aromatic rings. The second-order valence-electron chi connectivity index (χ2n) is 6.80. The highest BCUT2D eigenvalue weighted by Crippen LogP contribution is 2.24. The van der Waals surface area contributed by atoms with Gasteiger partial charge in [0.1, 0.15) is 11.5 Å². The minimum atomic E-state index is -0.138. The number of hydrogen-bond donors (Lipinski definition) is 2. The van der Waals surface area contributed by atoms with Crippen LogP contribution in [-0.4, -0.2) is 25.2 Å². The predicted octanol–water partition coefficient (Wildman–Crippen LogP) is 4.56. The van der Waals surface area contributed by atoms with Gasteiger partial charge < -0.3 is 20.1 Å². The van der Waals surface area contributed by atoms with Crippen molar-refractivity contribution in [3.63, 3.8) is 0 Å². The van der Waals surface area contributed by atoms with Crippen LogP contribution < -0.4 is 20.1 Å². The fourth-order valence-electron chi connectivity index (χ4n) is 2.28. The number of nitrogens with one attached hydrogen (secondary N) is 2. The molecule has 0 saturated heterocycles. The van der Waals surface area contributed by atoms with Crippen LogP contribution in [0.25, 0.3) is 0 Å². The van der Waals surface area contributed by atoms with E-state index in [9.17, 15) is 4.79 Å². The predicted molar refractivity (Wildman–Crippen MR) is 106 cm³/mol. The standard InChI is InChI=1S/C21H28N2O3/c1-15(2)14-25-20-11-6-5-10-19(20)23-21(24)13-22-17-8-7-9-18(12-17)26-16(3)4/h5-12,15-16,22H,13-14H2,1-4H3,(H,23,24). The van der Waals surface area contributed by atoms with E-state index in [1.54, 1.807) is 0 Å². The first-order valence-corrected chi connectivity index (χ1v) is 8.96. The Morgan fingerprint density at radius 2 is 1.81 bits per heavy atom. The fourth-order valence-corrected chi connectivity index (χ4v) is 2.28. The van der Waals surface area contributed by atoms with Gasteiger partial charge in [0.2, 0.25) is 5.91 Å². The van der Waals surface area contributed by atoms with Gasteiger partial charge >= 0.3 is 0 Å². The highest BCUT2D eigenvalue weighted by atomic mass is 16.5. The molecular formula is C21H28N2O3. The first kappa shape index (κ1) is 19.6. The van der Waals surface area contributed by atoms with E-state index in [4.69, 9.17) is 9.47 Å². The normalized spacial score (nSPS) is 10.7. The summed E-state index contributed by atoms with van der Waals surface area (Å²) in [5.41, 5.74) is 1.51. The van der Waals surface area contributed by atoms with Gasteiger partial charge in [0.05, 0.1) is 24.9 Å². The van der Waals surface area contributed by atoms with Crippen molar-refractivity contribution in [1.82, 2.24) is 0 Å². The minimum Gasteiger partial charge on any atom is -0.491 e. The van der Waals surface area contributed by atoms with Crippen LogP contribution in [0.3, 0.4) is 0 Å². The van der Waals surface area contributed by atoms with Crippen LogP contribution in [0.4, 0.5) is 11.4 Å². The quantitative estimate of drug-likeness (QED) is 0.691. The monoisotopic (exact) mass is 356 g/mol. The molecule has 2 rings (SSSR count). The summed E-state index contributed by atoms with van der Waals surface area (Å²) in [4.78, 5) is 12.3. The van der Waals surface area contributed by atoms with E-state index in [1.807, 2.05) is 62.4 Å². The van der Waals surface area contributed by atoms with Crippen molar-refractivity contribution in [3.05, 3.63) is 48.5 Å². The largest absolute Gasteiger partial charge is 0.491 e. The molecule has 0 heterocycles. The molecule has 0 saturated carbocycles. The molecule has 2 N–H and O–H groups in total. The molecule has 0 aliphatic carbocycles. The van der Waals surface area contributed by atoms with Crippen molar-refractivity contribution < 1.29 is 14.3 Å². The molecule has 0 radical (unpaired) electrons. The summed E-state index contributed by atoms with van der Waals surface area (Å²) in [6.45, 7) is 8.89. The lowest BCUT2D eigenvalue weighted by molar-refractivity contribution is -0.114. The number of ether oxygens (including phenoxy) is 2. The van der Waals surface area contributed by atoms with Crippen LogP contribution in [0.1, 0.15) is 27.7 Å². The third kappa shape index (κ3) is 6.67. The average molecular weight is 356 g/mol. The Balaban J connectivity index is 1.91. The Morgan fingerprint density at radius 3 is 2.54 bits per heavy atom. The topological polar surface area (TPSA) is 59.6 Å². The summed E-state index contributed by atoms with van der Waals surface area (Å²) in [6, 6.07) is 15.0. The number of benzene rings is 2. The molecule has 1 amide bonds. The first-order valence-electron chi connectivity index (χ1n) is 8.96. The zero-order valence-electron chi connectivity index (χ0n) is 15.9. The maximum absolute atomic E-state index is 12.3. The molecule has 0 atom stereocenters. The summed E-state index contributed by atoms with van der Waals surface area (Å²) >= 11 is 0. The van der Waals surface area contributed by atoms with Crippen molar-refractivity contribution in [3.8, 4) is 11.5 Å². The maximum atomic E-state index is 12.3. The smallest absolute Gasteiger partial charge is 0.243 e. The van der Waals surface area contributed by atoms with Crippen molar-refractivity contribution in [2.24, 2.45) is 5.92 Å². The number of rotatable bonds is 9. The summed E-state index contributed by atoms with van der Waals surface area (Å²) in [7, 11) is 0. The van der Waals surface area contributed by atoms with Crippen LogP contribution in [-0.2, 0) is 4.79 Å². The van der Waals surface area contributed by atoms with Crippen molar-refractivity contribution in [2.45, 2.75) is 33.8 Å². The van der Waals surface area contributed by atoms with Crippen LogP contribution in [0.15, 0.2) is 48.5 Å². The minimum absolute atomic E-state index is 0.107. The third-order valence-corrected chi connectivity index (χ3v) is 3.39. The fraction of sp³-hybridized carbons (Fsp3) is 0.381. The van der Waals surface area contributed by atoms with Gasteiger partial charge in [-0.05, 0) is 44.0 Å². The molecule has 5 heteroatoms. The molecule has 2 aromatic carbocycles. The first-order chi connectivity index (χ1) is 12.4. The number of carbonyl (C=O) groups is 1. The molecule has 0 fully saturated rings. The van der Waals surface area contributed by atoms with Crippen LogP contribution in [0.2, 0.25) is 0 Å². The summed E-state index contributed by atoms with van der Waals surface area (Å²) in [5.74, 6) is 1.74. The zero-order valence-corrected chi connectivity index (χ0v) is 15.9. The van der Waals surface area contributed by atoms with Gasteiger partial charge in [-0.2, -0.15) is 0 Å². The highest BCUT2D eigenvalue weighted by Gasteiger charge is 2.08. The van der Waals surface area contributed by atoms with Crippen LogP contribution in [0, 0.1) is 5.92 Å². The Labute approximate surface area is 155 Å². The number of carbonyl (C=O) groups excluding carboxylic acids is 1. The van der Waals surface area contributed by atoms with E-state index in [1.165, 1.54) is 0 Å². The van der Waals surface area contributed by atoms with E-state index < -0.39 is 0 Å². The van der Waals surface area contributed by atoms with Gasteiger partial charge in [-0.1, -0.05) is 32.0 Å². The van der Waals surface area contributed by atoms with Gasteiger partial charge in [-0.25, -0.2) is 0 Å². The van der Waals surface area contributed by atoms with Crippen LogP contribution in [0.5, 0.6) is 11.5 Å². The van der Waals surface area contributed by atoms with E-state index in [0.717, 1.165) is 11.4 Å². The summed E-state index contributed by atoms with van der Waals surface area (Å²) in [5, 5.41) is 6.01. The molecule has 5 nitrogen and oxygen atoms in total. The molecule has 140 valence electrons. The molecule has 26 heavy (non-hydrogen) atoms. The van der Waals surface area contributed by atoms with Gasteiger partial charge in [0.15, 0.2) is 0 Å². The molecule has 0 aliphatic rings. The van der Waals surface area contributed by atoms with E-state index in [2.05, 4.69) is 24.5 Å². The van der Waals surface area contributed by atoms with Gasteiger partial charge in [-0.3, -0.25) is 4.79 Å². The Morgan fingerprint density at radius 1 is 1.04 bits per heavy atom. The number of amides is 1. The van der Waals surface area contributed by atoms with Crippen molar-refractivity contribution >= 4 is 17.3 Å². The molecular weight excluding hydrogens is 328 g/mol. The second kappa shape index (κ2) is 9.70. The second-order valence-corrected chi connectivity index (χ2v) is 6.80. The average Bonchev–Trinajstić information content (AvgIpc) is 2.59. The summed E-state index contributed by atoms with van der Waals surface area (Å²) < 4.78 is 11.4. The highest BCUT2D eigenvalue weighted by molar-refractivity contribution is 5.95. The third-order valence-electron chi connectivity index (χ3n) is 3.39. The zero-order chi connectivity index (χ0) is 18.9. The SMILES string of the molecule is CC(C)COc1ccccc1NC(=O)CNc1cccc(OC(C)C)c1. The van der Waals surface area contributed by atoms with Crippen molar-refractivity contribution in [2.75, 3.05) is 23.8 Å². The molecule has 0 unspecified atom stereocenters.